The minimum Gasteiger partial charge on any atom is -0.351 e. The number of halogens is 2. The molecule has 3 amide bonds. The molecule has 3 saturated heterocycles. The van der Waals surface area contributed by atoms with Crippen LogP contribution in [0.1, 0.15) is 84.0 Å². The largest absolute Gasteiger partial charge is 0.363 e. The highest BCUT2D eigenvalue weighted by Crippen LogP contribution is 2.58. The van der Waals surface area contributed by atoms with E-state index >= 15 is 0 Å². The Morgan fingerprint density at radius 1 is 1.16 bits per heavy atom. The number of amides is 3. The van der Waals surface area contributed by atoms with Crippen molar-refractivity contribution in [1.29, 1.82) is 5.26 Å². The van der Waals surface area contributed by atoms with Crippen LogP contribution >= 0.6 is 30.5 Å². The molecule has 0 bridgehead atoms. The molecule has 3 aromatic rings. The molecule has 49 heavy (non-hydrogen) atoms. The van der Waals surface area contributed by atoms with E-state index in [1.807, 2.05) is 11.0 Å². The predicted molar refractivity (Wildman–Crippen MR) is 180 cm³/mol. The number of thiophene rings is 1. The van der Waals surface area contributed by atoms with E-state index < -0.39 is 42.8 Å². The van der Waals surface area contributed by atoms with Crippen LogP contribution in [0.15, 0.2) is 42.7 Å². The number of aromatic nitrogens is 1. The lowest BCUT2D eigenvalue weighted by Crippen LogP contribution is -2.55. The highest BCUT2D eigenvalue weighted by atomic mass is 35.5. The van der Waals surface area contributed by atoms with Crippen molar-refractivity contribution in [3.8, 4) is 6.07 Å². The lowest BCUT2D eigenvalue weighted by molar-refractivity contribution is -0.149. The Morgan fingerprint density at radius 3 is 2.65 bits per heavy atom. The minimum atomic E-state index is -4.98. The number of benzene rings is 1. The molecule has 1 aromatic carbocycles. The second-order valence-electron chi connectivity index (χ2n) is 13.7. The lowest BCUT2D eigenvalue weighted by Gasteiger charge is -2.37. The molecule has 7 rings (SSSR count). The first-order valence-electron chi connectivity index (χ1n) is 16.6. The first-order valence-corrected chi connectivity index (χ1v) is 19.4. The summed E-state index contributed by atoms with van der Waals surface area (Å²) in [7, 11) is -4.98. The Kier molecular flexibility index (Phi) is 9.07. The van der Waals surface area contributed by atoms with Crippen LogP contribution in [0.4, 0.5) is 4.39 Å². The fourth-order valence-electron chi connectivity index (χ4n) is 8.22. The van der Waals surface area contributed by atoms with Crippen LogP contribution in [-0.4, -0.2) is 73.0 Å². The zero-order chi connectivity index (χ0) is 34.7. The molecular formula is C34H36ClFN5O6PS. The molecule has 258 valence electrons. The molecule has 1 aliphatic carbocycles. The highest BCUT2D eigenvalue weighted by Gasteiger charge is 2.64. The summed E-state index contributed by atoms with van der Waals surface area (Å²) in [4.78, 5) is 68.5. The van der Waals surface area contributed by atoms with Gasteiger partial charge in [0.05, 0.1) is 33.3 Å². The summed E-state index contributed by atoms with van der Waals surface area (Å²) in [5, 5.41) is 14.1. The van der Waals surface area contributed by atoms with Crippen LogP contribution < -0.4 is 5.32 Å². The fourth-order valence-corrected chi connectivity index (χ4v) is 9.91. The summed E-state index contributed by atoms with van der Waals surface area (Å²) >= 11 is 7.39. The summed E-state index contributed by atoms with van der Waals surface area (Å²) in [5.41, 5.74) is 0.105. The van der Waals surface area contributed by atoms with Crippen molar-refractivity contribution in [1.82, 2.24) is 20.1 Å². The number of fused-ring (bicyclic) bond motifs is 2. The molecule has 4 aliphatic rings. The summed E-state index contributed by atoms with van der Waals surface area (Å²) in [5.74, 6) is -4.29. The van der Waals surface area contributed by atoms with E-state index in [1.165, 1.54) is 18.2 Å². The molecule has 6 atom stereocenters. The number of alkyl halides is 1. The number of nitrogens with one attached hydrogen (secondary N) is 1. The van der Waals surface area contributed by atoms with Gasteiger partial charge in [-0.15, -0.1) is 11.3 Å². The van der Waals surface area contributed by atoms with Gasteiger partial charge in [0.15, 0.2) is 0 Å². The van der Waals surface area contributed by atoms with Gasteiger partial charge in [-0.05, 0) is 79.3 Å². The number of nitriles is 1. The number of rotatable bonds is 7. The first kappa shape index (κ1) is 34.1. The number of likely N-dealkylation sites (tertiary alicyclic amines) is 1. The van der Waals surface area contributed by atoms with Crippen LogP contribution in [0.3, 0.4) is 0 Å². The van der Waals surface area contributed by atoms with Crippen molar-refractivity contribution in [3.05, 3.63) is 63.8 Å². The van der Waals surface area contributed by atoms with Crippen molar-refractivity contribution < 1.29 is 33.1 Å². The maximum Gasteiger partial charge on any atom is 0.363 e. The van der Waals surface area contributed by atoms with Gasteiger partial charge in [0.25, 0.3) is 5.91 Å². The number of hydrogen-bond acceptors (Lipinski definition) is 7. The molecule has 2 aromatic heterocycles. The second-order valence-corrected chi connectivity index (χ2v) is 16.9. The van der Waals surface area contributed by atoms with Gasteiger partial charge in [-0.3, -0.25) is 23.9 Å². The quantitative estimate of drug-likeness (QED) is 0.262. The Morgan fingerprint density at radius 2 is 1.94 bits per heavy atom. The van der Waals surface area contributed by atoms with Gasteiger partial charge >= 0.3 is 7.60 Å². The smallest absolute Gasteiger partial charge is 0.351 e. The van der Waals surface area contributed by atoms with Crippen LogP contribution in [0.5, 0.6) is 0 Å². The number of carbonyl (C=O) groups excluding carboxylic acids is 3. The molecule has 1 saturated carbocycles. The fraction of sp³-hybridized carbons (Fsp3) is 0.500. The Hall–Kier alpha value is -3.40. The van der Waals surface area contributed by atoms with Crippen LogP contribution in [0.25, 0.3) is 10.1 Å². The lowest BCUT2D eigenvalue weighted by atomic mass is 9.85. The van der Waals surface area contributed by atoms with E-state index in [0.29, 0.717) is 39.4 Å². The third-order valence-electron chi connectivity index (χ3n) is 10.8. The molecule has 1 unspecified atom stereocenters. The number of hydrogen-bond donors (Lipinski definition) is 3. The van der Waals surface area contributed by atoms with Gasteiger partial charge in [0, 0.05) is 42.1 Å². The molecule has 1 spiro atoms. The first-order chi connectivity index (χ1) is 23.4. The van der Waals surface area contributed by atoms with Crippen molar-refractivity contribution >= 4 is 58.3 Å². The standard InChI is InChI=1S/C34H36ClFN5O6PS/c35-23-12-22(15-38-17-23)25-18-40(34(9-10-34)26(25)14-37)33(44)27-7-6-24-4-2-1-3-20(32(43)41(24)27)16-39-31(42)29-13-21-11-19(5-8-28(21)49-29)30(36)48(45,46)47/h5,8,11-13,15,17,20,24-27,30H,1-4,6-7,9-10,16,18H2,(H,39,42)(H2,45,46,47)/t20?,24-,25+,26+,27-,30+/m0/s1. The van der Waals surface area contributed by atoms with E-state index in [9.17, 15) is 38.4 Å². The highest BCUT2D eigenvalue weighted by molar-refractivity contribution is 7.51. The monoisotopic (exact) mass is 727 g/mol. The average Bonchev–Trinajstić information content (AvgIpc) is 3.41. The van der Waals surface area contributed by atoms with Gasteiger partial charge in [-0.25, -0.2) is 4.39 Å². The zero-order valence-electron chi connectivity index (χ0n) is 26.5. The van der Waals surface area contributed by atoms with Gasteiger partial charge < -0.3 is 24.9 Å². The van der Waals surface area contributed by atoms with E-state index in [1.54, 1.807) is 23.4 Å². The number of nitrogens with zero attached hydrogens (tertiary/aromatic N) is 4. The molecule has 4 fully saturated rings. The molecule has 3 N–H and O–H groups in total. The molecule has 0 radical (unpaired) electrons. The summed E-state index contributed by atoms with van der Waals surface area (Å²) in [6.07, 6.45) is 9.07. The minimum absolute atomic E-state index is 0.0679. The molecule has 5 heterocycles. The average molecular weight is 728 g/mol. The molecule has 15 heteroatoms. The van der Waals surface area contributed by atoms with Crippen LogP contribution in [0, 0.1) is 23.2 Å². The topological polar surface area (TPSA) is 164 Å². The van der Waals surface area contributed by atoms with Crippen LogP contribution in [0.2, 0.25) is 5.02 Å². The van der Waals surface area contributed by atoms with Crippen LogP contribution in [-0.2, 0) is 14.2 Å². The third kappa shape index (κ3) is 6.27. The Bertz CT molecular complexity index is 1910. The maximum atomic E-state index is 14.4. The number of carbonyl (C=O) groups is 3. The van der Waals surface area contributed by atoms with Crippen molar-refractivity contribution in [2.24, 2.45) is 11.8 Å². The van der Waals surface area contributed by atoms with Gasteiger partial charge in [-0.2, -0.15) is 5.26 Å². The van der Waals surface area contributed by atoms with E-state index in [2.05, 4.69) is 16.4 Å². The predicted octanol–water partition coefficient (Wildman–Crippen LogP) is 5.67. The Balaban J connectivity index is 1.06. The van der Waals surface area contributed by atoms with Gasteiger partial charge in [-0.1, -0.05) is 30.5 Å². The molecular weight excluding hydrogens is 692 g/mol. The summed E-state index contributed by atoms with van der Waals surface area (Å²) in [6.45, 7) is 0.448. The summed E-state index contributed by atoms with van der Waals surface area (Å²) < 4.78 is 26.3. The van der Waals surface area contributed by atoms with E-state index in [0.717, 1.165) is 55.4 Å². The zero-order valence-corrected chi connectivity index (χ0v) is 29.0. The maximum absolute atomic E-state index is 14.4. The van der Waals surface area contributed by atoms with E-state index in [-0.39, 0.29) is 35.9 Å². The Labute approximate surface area is 291 Å². The molecule has 3 aliphatic heterocycles. The number of pyridine rings is 1. The van der Waals surface area contributed by atoms with Crippen molar-refractivity contribution in [2.45, 2.75) is 80.8 Å². The van der Waals surface area contributed by atoms with E-state index in [4.69, 9.17) is 11.6 Å². The summed E-state index contributed by atoms with van der Waals surface area (Å²) in [6, 6.07) is 9.28. The van der Waals surface area contributed by atoms with Crippen molar-refractivity contribution in [2.75, 3.05) is 13.1 Å². The SMILES string of the molecule is N#C[C@@H]1[C@@H](c2cncc(Cl)c2)CN(C(=O)[C@@H]2CC[C@@H]3CCCCC(CNC(=O)c4cc5cc([C@H](F)P(=O)(O)O)ccc5s4)C(=O)N32)C12CC2. The van der Waals surface area contributed by atoms with Gasteiger partial charge in [0.1, 0.15) is 6.04 Å². The molecule has 11 nitrogen and oxygen atoms in total. The normalized spacial score (nSPS) is 27.0. The second kappa shape index (κ2) is 13.1. The third-order valence-corrected chi connectivity index (χ3v) is 13.0. The van der Waals surface area contributed by atoms with Crippen molar-refractivity contribution in [3.63, 3.8) is 0 Å². The van der Waals surface area contributed by atoms with Gasteiger partial charge in [0.2, 0.25) is 17.7 Å².